The molecule has 5 nitrogen and oxygen atoms in total. The van der Waals surface area contributed by atoms with Gasteiger partial charge in [0, 0.05) is 15.6 Å². The van der Waals surface area contributed by atoms with E-state index in [1.165, 1.54) is 0 Å². The summed E-state index contributed by atoms with van der Waals surface area (Å²) in [7, 11) is 0. The van der Waals surface area contributed by atoms with E-state index in [9.17, 15) is 9.59 Å². The number of rotatable bonds is 5. The number of carbonyl (C=O) groups excluding carboxylic acids is 2. The molecule has 0 unspecified atom stereocenters. The zero-order chi connectivity index (χ0) is 22.8. The Morgan fingerprint density at radius 2 is 1.69 bits per heavy atom. The Hall–Kier alpha value is -2.51. The Kier molecular flexibility index (Phi) is 6.76. The lowest BCUT2D eigenvalue weighted by atomic mass is 10.1. The molecule has 32 heavy (non-hydrogen) atoms. The van der Waals surface area contributed by atoms with Gasteiger partial charge in [-0.3, -0.25) is 4.79 Å². The number of urea groups is 1. The highest BCUT2D eigenvalue weighted by Crippen LogP contribution is 2.36. The molecule has 0 bridgehead atoms. The maximum Gasteiger partial charge on any atom is 0.333 e. The topological polar surface area (TPSA) is 58.6 Å². The quantitative estimate of drug-likeness (QED) is 0.272. The summed E-state index contributed by atoms with van der Waals surface area (Å²) in [6, 6.07) is 16.6. The highest BCUT2D eigenvalue weighted by molar-refractivity contribution is 9.10. The number of ether oxygens (including phenoxy) is 1. The predicted molar refractivity (Wildman–Crippen MR) is 130 cm³/mol. The number of hydrogen-bond acceptors (Lipinski definition) is 3. The Bertz CT molecular complexity index is 1220. The molecule has 3 aromatic carbocycles. The minimum Gasteiger partial charge on any atom is -0.486 e. The van der Waals surface area contributed by atoms with Gasteiger partial charge in [0.2, 0.25) is 0 Å². The summed E-state index contributed by atoms with van der Waals surface area (Å²) >= 11 is 21.9. The molecular weight excluding hydrogens is 539 g/mol. The van der Waals surface area contributed by atoms with E-state index in [0.29, 0.717) is 36.5 Å². The first-order chi connectivity index (χ1) is 15.3. The van der Waals surface area contributed by atoms with Crippen molar-refractivity contribution in [1.29, 1.82) is 0 Å². The minimum absolute atomic E-state index is 0.123. The fraction of sp³-hybridized carbons (Fsp3) is 0.0435. The number of nitrogens with zero attached hydrogens (tertiary/aromatic N) is 1. The molecule has 0 atom stereocenters. The Morgan fingerprint density at radius 1 is 0.969 bits per heavy atom. The van der Waals surface area contributed by atoms with Gasteiger partial charge >= 0.3 is 6.03 Å². The van der Waals surface area contributed by atoms with Crippen molar-refractivity contribution in [3.8, 4) is 5.75 Å². The van der Waals surface area contributed by atoms with E-state index in [0.717, 1.165) is 10.5 Å². The van der Waals surface area contributed by atoms with Crippen LogP contribution in [-0.2, 0) is 11.4 Å². The molecule has 1 N–H and O–H groups in total. The van der Waals surface area contributed by atoms with Crippen molar-refractivity contribution in [1.82, 2.24) is 5.32 Å². The summed E-state index contributed by atoms with van der Waals surface area (Å²) in [5, 5.41) is 4.03. The number of anilines is 1. The number of amides is 3. The molecule has 0 radical (unpaired) electrons. The van der Waals surface area contributed by atoms with Gasteiger partial charge in [0.25, 0.3) is 5.91 Å². The molecule has 4 rings (SSSR count). The standard InChI is InChI=1S/C23H14BrCl3N2O3/c24-17-9-13(10-19(27)21(17)32-12-14-3-1-2-4-18(14)26)11-20-22(30)29(23(31)28-20)16-7-5-15(25)6-8-16/h1-11H,12H2,(H,28,31)/b20-11+. The van der Waals surface area contributed by atoms with Gasteiger partial charge in [-0.1, -0.05) is 53.0 Å². The van der Waals surface area contributed by atoms with Crippen molar-refractivity contribution in [3.05, 3.63) is 97.0 Å². The Balaban J connectivity index is 1.55. The molecule has 162 valence electrons. The van der Waals surface area contributed by atoms with Gasteiger partial charge in [-0.15, -0.1) is 0 Å². The summed E-state index contributed by atoms with van der Waals surface area (Å²) in [6.45, 7) is 0.239. The fourth-order valence-electron chi connectivity index (χ4n) is 3.09. The van der Waals surface area contributed by atoms with Crippen LogP contribution in [0.25, 0.3) is 6.08 Å². The van der Waals surface area contributed by atoms with Crippen LogP contribution >= 0.6 is 50.7 Å². The molecule has 3 aromatic rings. The molecule has 1 aliphatic rings. The van der Waals surface area contributed by atoms with E-state index in [-0.39, 0.29) is 12.3 Å². The number of benzene rings is 3. The first-order valence-corrected chi connectivity index (χ1v) is 11.2. The minimum atomic E-state index is -0.548. The number of carbonyl (C=O) groups is 2. The molecule has 0 spiro atoms. The van der Waals surface area contributed by atoms with Crippen LogP contribution in [0.2, 0.25) is 15.1 Å². The lowest BCUT2D eigenvalue weighted by Gasteiger charge is -2.12. The van der Waals surface area contributed by atoms with Crippen LogP contribution in [0.5, 0.6) is 5.75 Å². The molecule has 3 amide bonds. The van der Waals surface area contributed by atoms with Gasteiger partial charge in [-0.25, -0.2) is 9.69 Å². The molecule has 1 saturated heterocycles. The number of nitrogens with one attached hydrogen (secondary N) is 1. The number of halogens is 4. The molecule has 1 fully saturated rings. The van der Waals surface area contributed by atoms with Crippen molar-refractivity contribution in [2.24, 2.45) is 0 Å². The van der Waals surface area contributed by atoms with Crippen molar-refractivity contribution in [3.63, 3.8) is 0 Å². The van der Waals surface area contributed by atoms with Crippen molar-refractivity contribution in [2.45, 2.75) is 6.61 Å². The first-order valence-electron chi connectivity index (χ1n) is 9.31. The van der Waals surface area contributed by atoms with E-state index >= 15 is 0 Å². The summed E-state index contributed by atoms with van der Waals surface area (Å²) in [4.78, 5) is 26.2. The molecular formula is C23H14BrCl3N2O3. The van der Waals surface area contributed by atoms with E-state index in [4.69, 9.17) is 39.5 Å². The zero-order valence-corrected chi connectivity index (χ0v) is 20.1. The molecule has 9 heteroatoms. The summed E-state index contributed by atoms with van der Waals surface area (Å²) < 4.78 is 6.44. The van der Waals surface area contributed by atoms with E-state index in [1.807, 2.05) is 18.2 Å². The van der Waals surface area contributed by atoms with Gasteiger partial charge in [-0.05, 0) is 70.0 Å². The van der Waals surface area contributed by atoms with Crippen LogP contribution in [0.15, 0.2) is 70.8 Å². The van der Waals surface area contributed by atoms with Crippen LogP contribution < -0.4 is 15.0 Å². The van der Waals surface area contributed by atoms with Gasteiger partial charge < -0.3 is 10.1 Å². The SMILES string of the molecule is O=C1N/C(=C/c2cc(Cl)c(OCc3ccccc3Cl)c(Br)c2)C(=O)N1c1ccc(Cl)cc1. The van der Waals surface area contributed by atoms with Crippen LogP contribution in [0.3, 0.4) is 0 Å². The highest BCUT2D eigenvalue weighted by Gasteiger charge is 2.34. The second kappa shape index (κ2) is 9.55. The third kappa shape index (κ3) is 4.79. The first kappa shape index (κ1) is 22.7. The number of imide groups is 1. The lowest BCUT2D eigenvalue weighted by Crippen LogP contribution is -2.30. The maximum atomic E-state index is 12.8. The van der Waals surface area contributed by atoms with Crippen LogP contribution in [0.4, 0.5) is 10.5 Å². The second-order valence-electron chi connectivity index (χ2n) is 6.80. The fourth-order valence-corrected chi connectivity index (χ4v) is 4.40. The van der Waals surface area contributed by atoms with E-state index in [2.05, 4.69) is 21.2 Å². The molecule has 1 aliphatic heterocycles. The Labute approximate surface area is 207 Å². The van der Waals surface area contributed by atoms with Gasteiger partial charge in [-0.2, -0.15) is 0 Å². The van der Waals surface area contributed by atoms with Crippen LogP contribution in [0.1, 0.15) is 11.1 Å². The smallest absolute Gasteiger partial charge is 0.333 e. The average Bonchev–Trinajstić information content (AvgIpc) is 3.02. The monoisotopic (exact) mass is 550 g/mol. The Morgan fingerprint density at radius 3 is 2.38 bits per heavy atom. The zero-order valence-electron chi connectivity index (χ0n) is 16.2. The normalized spacial score (nSPS) is 14.8. The van der Waals surface area contributed by atoms with Crippen molar-refractivity contribution < 1.29 is 14.3 Å². The van der Waals surface area contributed by atoms with Gasteiger partial charge in [0.1, 0.15) is 12.3 Å². The predicted octanol–water partition coefficient (Wildman–Crippen LogP) is 7.09. The summed E-state index contributed by atoms with van der Waals surface area (Å²) in [6.07, 6.45) is 1.55. The van der Waals surface area contributed by atoms with Crippen LogP contribution in [-0.4, -0.2) is 11.9 Å². The highest BCUT2D eigenvalue weighted by atomic mass is 79.9. The summed E-state index contributed by atoms with van der Waals surface area (Å²) in [5.41, 5.74) is 1.97. The van der Waals surface area contributed by atoms with Gasteiger partial charge in [0.15, 0.2) is 5.75 Å². The third-order valence-electron chi connectivity index (χ3n) is 4.62. The van der Waals surface area contributed by atoms with E-state index < -0.39 is 11.9 Å². The summed E-state index contributed by atoms with van der Waals surface area (Å²) in [5.74, 6) is -0.0399. The molecule has 0 aliphatic carbocycles. The largest absolute Gasteiger partial charge is 0.486 e. The van der Waals surface area contributed by atoms with Crippen molar-refractivity contribution >= 4 is 74.4 Å². The maximum absolute atomic E-state index is 12.8. The second-order valence-corrected chi connectivity index (χ2v) is 8.90. The van der Waals surface area contributed by atoms with Crippen molar-refractivity contribution in [2.75, 3.05) is 4.90 Å². The van der Waals surface area contributed by atoms with Crippen LogP contribution in [0, 0.1) is 0 Å². The molecule has 0 saturated carbocycles. The van der Waals surface area contributed by atoms with Gasteiger partial charge in [0.05, 0.1) is 15.2 Å². The van der Waals surface area contributed by atoms with E-state index in [1.54, 1.807) is 48.5 Å². The molecule has 1 heterocycles. The molecule has 0 aromatic heterocycles. The average molecular weight is 553 g/mol. The lowest BCUT2D eigenvalue weighted by molar-refractivity contribution is -0.113. The number of hydrogen-bond donors (Lipinski definition) is 1. The third-order valence-corrected chi connectivity index (χ3v) is 6.11.